The van der Waals surface area contributed by atoms with Gasteiger partial charge >= 0.3 is 51.4 Å². The Bertz CT molecular complexity index is 1010. The molecule has 36 heavy (non-hydrogen) atoms. The molecule has 0 aliphatic heterocycles. The van der Waals surface area contributed by atoms with Gasteiger partial charge in [-0.15, -0.1) is 17.7 Å². The van der Waals surface area contributed by atoms with Crippen molar-refractivity contribution in [1.29, 1.82) is 0 Å². The molecule has 1 heterocycles. The normalized spacial score (nSPS) is 10.1. The molecule has 0 unspecified atom stereocenters. The second kappa shape index (κ2) is 19.6. The molecule has 0 amide bonds. The summed E-state index contributed by atoms with van der Waals surface area (Å²) in [6.07, 6.45) is 6.27. The van der Waals surface area contributed by atoms with Crippen LogP contribution in [0.2, 0.25) is 0 Å². The van der Waals surface area contributed by atoms with Crippen molar-refractivity contribution in [2.45, 2.75) is 60.3 Å². The van der Waals surface area contributed by atoms with E-state index >= 15 is 0 Å². The van der Waals surface area contributed by atoms with E-state index < -0.39 is 0 Å². The molecule has 0 saturated carbocycles. The van der Waals surface area contributed by atoms with Gasteiger partial charge in [-0.25, -0.2) is 6.07 Å². The van der Waals surface area contributed by atoms with Crippen molar-refractivity contribution in [3.63, 3.8) is 0 Å². The molecule has 0 atom stereocenters. The Hall–Kier alpha value is -1.48. The molecule has 1 aromatic heterocycles. The number of ether oxygens (including phenoxy) is 1. The third kappa shape index (κ3) is 12.7. The number of aromatic amines is 1. The summed E-state index contributed by atoms with van der Waals surface area (Å²) in [6, 6.07) is 9.22. The summed E-state index contributed by atoms with van der Waals surface area (Å²) in [5, 5.41) is 11.4. The molecule has 0 spiro atoms. The average molecular weight is 519 g/mol. The van der Waals surface area contributed by atoms with Gasteiger partial charge < -0.3 is 20.6 Å². The van der Waals surface area contributed by atoms with Gasteiger partial charge in [0.1, 0.15) is 0 Å². The number of nitrogens with two attached hydrogens (primary N) is 1. The van der Waals surface area contributed by atoms with Gasteiger partial charge in [0.25, 0.3) is 0 Å². The van der Waals surface area contributed by atoms with Crippen LogP contribution in [0.25, 0.3) is 10.9 Å². The molecule has 6 nitrogen and oxygen atoms in total. The molecule has 3 aromatic rings. The molecule has 0 aliphatic rings. The molecule has 0 bridgehead atoms. The van der Waals surface area contributed by atoms with Gasteiger partial charge in [0.05, 0.1) is 18.4 Å². The molecular weight excluding hydrogens is 475 g/mol. The summed E-state index contributed by atoms with van der Waals surface area (Å²) in [6.45, 7) is 21.5. The molecule has 2 aromatic carbocycles. The summed E-state index contributed by atoms with van der Waals surface area (Å²) in [5.74, 6) is 1.42. The van der Waals surface area contributed by atoms with Crippen molar-refractivity contribution in [2.24, 2.45) is 5.92 Å². The Morgan fingerprint density at radius 3 is 2.25 bits per heavy atom. The minimum atomic E-state index is 0. The van der Waals surface area contributed by atoms with Crippen LogP contribution in [0.1, 0.15) is 76.3 Å². The van der Waals surface area contributed by atoms with Crippen molar-refractivity contribution < 1.29 is 60.9 Å². The fraction of sp³-hybridized carbons (Fsp3) is 0.448. The quantitative estimate of drug-likeness (QED) is 0.166. The zero-order chi connectivity index (χ0) is 26.2. The summed E-state index contributed by atoms with van der Waals surface area (Å²) in [5.41, 5.74) is 10.2. The number of fused-ring (bicyclic) bond motifs is 1. The van der Waals surface area contributed by atoms with Crippen LogP contribution in [0, 0.1) is 19.8 Å². The number of anilines is 1. The number of nitrogens with zero attached hydrogens (tertiary/aromatic N) is 1. The maximum Gasteiger partial charge on any atom is 1.00 e. The number of nitrogen functional groups attached to an aromatic ring is 1. The standard InChI is InChI=1S/C12H14N3O.C11H14O.C6H15N.K/c1-7(2)3-11-9-4-8(6-16)10(13)5-12(9)15-14-11;1-4-7-12-11-6-5-9(2)10(3)8-11;1-3-5-7-6-4-2;/h4-5,7H,3,13H2,1-2H3,(H,14,15);5-6,8H,2-4,7H2,1H3;7H,3-6H2,1-2H3;/q-1;-2;;+1. The topological polar surface area (TPSA) is 93.0 Å². The van der Waals surface area contributed by atoms with Crippen LogP contribution in [0.5, 0.6) is 5.75 Å². The van der Waals surface area contributed by atoms with Gasteiger partial charge in [-0.1, -0.05) is 46.4 Å². The number of hydrogen-bond donors (Lipinski definition) is 3. The maximum atomic E-state index is 10.7. The monoisotopic (exact) mass is 518 g/mol. The molecule has 3 rings (SSSR count). The van der Waals surface area contributed by atoms with Crippen LogP contribution < -0.4 is 67.2 Å². The summed E-state index contributed by atoms with van der Waals surface area (Å²) in [7, 11) is 0. The Balaban J connectivity index is 0.000000545. The van der Waals surface area contributed by atoms with Gasteiger partial charge in [0, 0.05) is 11.4 Å². The van der Waals surface area contributed by atoms with Crippen LogP contribution in [0.4, 0.5) is 5.69 Å². The first-order chi connectivity index (χ1) is 16.8. The fourth-order valence-electron chi connectivity index (χ4n) is 3.17. The van der Waals surface area contributed by atoms with Gasteiger partial charge in [-0.3, -0.25) is 30.1 Å². The Labute approximate surface area is 261 Å². The zero-order valence-corrected chi connectivity index (χ0v) is 26.3. The first-order valence-electron chi connectivity index (χ1n) is 12.5. The minimum absolute atomic E-state index is 0. The summed E-state index contributed by atoms with van der Waals surface area (Å²) in [4.78, 5) is 10.7. The van der Waals surface area contributed by atoms with Gasteiger partial charge in [0.15, 0.2) is 0 Å². The molecule has 194 valence electrons. The molecule has 4 N–H and O–H groups in total. The number of benzene rings is 2. The smallest absolute Gasteiger partial charge is 0.509 e. The summed E-state index contributed by atoms with van der Waals surface area (Å²) >= 11 is 0. The van der Waals surface area contributed by atoms with Crippen molar-refractivity contribution >= 4 is 22.9 Å². The summed E-state index contributed by atoms with van der Waals surface area (Å²) < 4.78 is 5.42. The van der Waals surface area contributed by atoms with Gasteiger partial charge in [-0.2, -0.15) is 11.2 Å². The van der Waals surface area contributed by atoms with Crippen molar-refractivity contribution in [2.75, 3.05) is 25.4 Å². The Morgan fingerprint density at radius 2 is 1.72 bits per heavy atom. The van der Waals surface area contributed by atoms with Gasteiger partial charge in [-0.05, 0) is 50.1 Å². The van der Waals surface area contributed by atoms with Crippen LogP contribution in [-0.2, 0) is 11.2 Å². The van der Waals surface area contributed by atoms with E-state index in [1.165, 1.54) is 25.9 Å². The first-order valence-corrected chi connectivity index (χ1v) is 12.5. The molecule has 0 radical (unpaired) electrons. The van der Waals surface area contributed by atoms with E-state index in [1.54, 1.807) is 12.1 Å². The molecule has 0 saturated heterocycles. The number of carbonyl (C=O) groups excluding carboxylic acids is 1. The van der Waals surface area contributed by atoms with Crippen LogP contribution in [0.15, 0.2) is 30.3 Å². The average Bonchev–Trinajstić information content (AvgIpc) is 3.21. The molecule has 7 heteroatoms. The number of aromatic nitrogens is 2. The molecular formula is C29H43KN4O2-2. The van der Waals surface area contributed by atoms with Crippen LogP contribution in [0.3, 0.4) is 0 Å². The van der Waals surface area contributed by atoms with E-state index in [4.69, 9.17) is 10.5 Å². The van der Waals surface area contributed by atoms with Crippen molar-refractivity contribution in [1.82, 2.24) is 15.5 Å². The van der Waals surface area contributed by atoms with E-state index in [1.807, 2.05) is 24.5 Å². The maximum absolute atomic E-state index is 10.7. The first kappa shape index (κ1) is 34.5. The second-order valence-electron chi connectivity index (χ2n) is 8.89. The number of rotatable bonds is 10. The minimum Gasteiger partial charge on any atom is -0.509 e. The number of hydrogen-bond acceptors (Lipinski definition) is 5. The molecule has 0 aliphatic carbocycles. The molecule has 0 fully saturated rings. The van der Waals surface area contributed by atoms with Crippen LogP contribution >= 0.6 is 0 Å². The van der Waals surface area contributed by atoms with E-state index in [2.05, 4.69) is 64.0 Å². The third-order valence-corrected chi connectivity index (χ3v) is 5.03. The van der Waals surface area contributed by atoms with E-state index in [-0.39, 0.29) is 51.4 Å². The van der Waals surface area contributed by atoms with Crippen molar-refractivity contribution in [3.8, 4) is 5.75 Å². The van der Waals surface area contributed by atoms with E-state index in [0.29, 0.717) is 17.2 Å². The zero-order valence-electron chi connectivity index (χ0n) is 23.2. The SMILES string of the molecule is CC(C)Cc1[nH]nc2cc(N)c([C-]=O)cc12.CCCNCCC.[CH2-]c1ccc(OCCC)cc1[CH2-].[K+]. The van der Waals surface area contributed by atoms with E-state index in [9.17, 15) is 4.79 Å². The predicted molar refractivity (Wildman–Crippen MR) is 148 cm³/mol. The Kier molecular flexibility index (Phi) is 18.8. The second-order valence-corrected chi connectivity index (χ2v) is 8.89. The van der Waals surface area contributed by atoms with Crippen LogP contribution in [-0.4, -0.2) is 36.2 Å². The number of nitrogens with one attached hydrogen (secondary N) is 2. The number of H-pyrrole nitrogens is 1. The third-order valence-electron chi connectivity index (χ3n) is 5.03. The largest absolute Gasteiger partial charge is 1.00 e. The fourth-order valence-corrected chi connectivity index (χ4v) is 3.17. The van der Waals surface area contributed by atoms with Gasteiger partial charge in [0.2, 0.25) is 0 Å². The van der Waals surface area contributed by atoms with E-state index in [0.717, 1.165) is 52.9 Å². The predicted octanol–water partition coefficient (Wildman–Crippen LogP) is 3.04. The van der Waals surface area contributed by atoms with Crippen molar-refractivity contribution in [3.05, 3.63) is 66.6 Å². The Morgan fingerprint density at radius 1 is 1.06 bits per heavy atom.